The number of benzene rings is 4. The fourth-order valence-corrected chi connectivity index (χ4v) is 4.74. The second-order valence-corrected chi connectivity index (χ2v) is 9.42. The van der Waals surface area contributed by atoms with Gasteiger partial charge in [-0.3, -0.25) is 9.59 Å². The fraction of sp³-hybridized carbons (Fsp3) is 0.0968. The van der Waals surface area contributed by atoms with Gasteiger partial charge in [-0.1, -0.05) is 12.1 Å². The number of fused-ring (bicyclic) bond motifs is 2. The molecular formula is C31H22O10. The number of hydrogen-bond acceptors (Lipinski definition) is 10. The number of methoxy groups -OCH3 is 1. The summed E-state index contributed by atoms with van der Waals surface area (Å²) in [6.45, 7) is 0. The number of carbonyl (C=O) groups is 1. The van der Waals surface area contributed by atoms with Crippen LogP contribution in [0.3, 0.4) is 0 Å². The third-order valence-electron chi connectivity index (χ3n) is 6.73. The van der Waals surface area contributed by atoms with Crippen LogP contribution in [0.15, 0.2) is 82.0 Å². The number of ketones is 1. The summed E-state index contributed by atoms with van der Waals surface area (Å²) in [5.74, 6) is -0.109. The van der Waals surface area contributed by atoms with E-state index in [1.165, 1.54) is 43.5 Å². The lowest BCUT2D eigenvalue weighted by atomic mass is 9.95. The molecule has 1 atom stereocenters. The molecule has 4 aromatic carbocycles. The van der Waals surface area contributed by atoms with Gasteiger partial charge in [-0.05, 0) is 35.9 Å². The number of phenols is 4. The number of rotatable bonds is 5. The Balaban J connectivity index is 1.25. The quantitative estimate of drug-likeness (QED) is 0.210. The summed E-state index contributed by atoms with van der Waals surface area (Å²) >= 11 is 0. The molecule has 1 aromatic heterocycles. The van der Waals surface area contributed by atoms with Crippen molar-refractivity contribution in [3.8, 4) is 57.3 Å². The molecule has 10 nitrogen and oxygen atoms in total. The predicted molar refractivity (Wildman–Crippen MR) is 146 cm³/mol. The number of ether oxygens (including phenoxy) is 3. The highest BCUT2D eigenvalue weighted by molar-refractivity contribution is 6.02. The first-order valence-electron chi connectivity index (χ1n) is 12.4. The molecular weight excluding hydrogens is 532 g/mol. The van der Waals surface area contributed by atoms with E-state index in [1.54, 1.807) is 30.3 Å². The molecule has 0 radical (unpaired) electrons. The van der Waals surface area contributed by atoms with Crippen LogP contribution in [0.25, 0.3) is 22.3 Å². The summed E-state index contributed by atoms with van der Waals surface area (Å²) in [6.07, 6.45) is -0.565. The van der Waals surface area contributed by atoms with E-state index in [1.807, 2.05) is 0 Å². The standard InChI is InChI=1S/C31H22O10/c1-38-19-11-22(35)31-23(36)13-25(40-29(31)12-19)15-2-5-18(6-3-15)39-27-8-16(4-7-20(27)33)26-14-24(37)30-21(34)9-17(32)10-28(30)41-26/h2-12,14,25,32-35H,13H2,1H3. The fourth-order valence-electron chi connectivity index (χ4n) is 4.74. The molecule has 1 unspecified atom stereocenters. The zero-order valence-electron chi connectivity index (χ0n) is 21.5. The first kappa shape index (κ1) is 25.6. The van der Waals surface area contributed by atoms with E-state index in [0.717, 1.165) is 6.07 Å². The first-order valence-corrected chi connectivity index (χ1v) is 12.4. The smallest absolute Gasteiger partial charge is 0.197 e. The van der Waals surface area contributed by atoms with Gasteiger partial charge in [0.15, 0.2) is 22.7 Å². The Hall–Kier alpha value is -5.64. The Bertz CT molecular complexity index is 1890. The number of carbonyl (C=O) groups excluding carboxylic acids is 1. The Kier molecular flexibility index (Phi) is 6.15. The van der Waals surface area contributed by atoms with Gasteiger partial charge >= 0.3 is 0 Å². The maximum absolute atomic E-state index is 12.7. The van der Waals surface area contributed by atoms with Crippen molar-refractivity contribution < 1.29 is 43.8 Å². The molecule has 6 rings (SSSR count). The average molecular weight is 555 g/mol. The van der Waals surface area contributed by atoms with Crippen molar-refractivity contribution in [2.24, 2.45) is 0 Å². The molecule has 0 bridgehead atoms. The van der Waals surface area contributed by atoms with Crippen LogP contribution in [0.1, 0.15) is 28.4 Å². The topological polar surface area (TPSA) is 156 Å². The van der Waals surface area contributed by atoms with Gasteiger partial charge in [-0.15, -0.1) is 0 Å². The molecule has 1 aliphatic rings. The molecule has 1 aliphatic heterocycles. The van der Waals surface area contributed by atoms with Crippen molar-refractivity contribution in [3.63, 3.8) is 0 Å². The van der Waals surface area contributed by atoms with Crippen molar-refractivity contribution in [2.45, 2.75) is 12.5 Å². The monoisotopic (exact) mass is 554 g/mol. The molecule has 4 N–H and O–H groups in total. The highest BCUT2D eigenvalue weighted by atomic mass is 16.5. The zero-order valence-corrected chi connectivity index (χ0v) is 21.5. The second kappa shape index (κ2) is 9.83. The molecule has 41 heavy (non-hydrogen) atoms. The third-order valence-corrected chi connectivity index (χ3v) is 6.73. The largest absolute Gasteiger partial charge is 0.508 e. The van der Waals surface area contributed by atoms with Crippen LogP contribution in [-0.2, 0) is 0 Å². The summed E-state index contributed by atoms with van der Waals surface area (Å²) in [4.78, 5) is 25.3. The average Bonchev–Trinajstić information content (AvgIpc) is 2.93. The van der Waals surface area contributed by atoms with E-state index >= 15 is 0 Å². The maximum Gasteiger partial charge on any atom is 0.197 e. The van der Waals surface area contributed by atoms with Crippen molar-refractivity contribution in [1.82, 2.24) is 0 Å². The minimum Gasteiger partial charge on any atom is -0.508 e. The summed E-state index contributed by atoms with van der Waals surface area (Å²) in [5.41, 5.74) is 0.706. The van der Waals surface area contributed by atoms with Gasteiger partial charge < -0.3 is 39.1 Å². The van der Waals surface area contributed by atoms with Crippen LogP contribution in [0.2, 0.25) is 0 Å². The van der Waals surface area contributed by atoms with Crippen molar-refractivity contribution >= 4 is 16.8 Å². The summed E-state index contributed by atoms with van der Waals surface area (Å²) in [5, 5.41) is 40.4. The van der Waals surface area contributed by atoms with Gasteiger partial charge in [0.05, 0.1) is 13.5 Å². The van der Waals surface area contributed by atoms with Crippen LogP contribution in [0.4, 0.5) is 0 Å². The number of phenolic OH excluding ortho intramolecular Hbond substituents is 4. The highest BCUT2D eigenvalue weighted by Gasteiger charge is 2.31. The molecule has 5 aromatic rings. The van der Waals surface area contributed by atoms with Crippen molar-refractivity contribution in [1.29, 1.82) is 0 Å². The van der Waals surface area contributed by atoms with Crippen LogP contribution in [0, 0.1) is 0 Å². The van der Waals surface area contributed by atoms with Gasteiger partial charge in [0.1, 0.15) is 62.9 Å². The van der Waals surface area contributed by atoms with Crippen molar-refractivity contribution in [3.05, 3.63) is 94.1 Å². The first-order chi connectivity index (χ1) is 19.7. The van der Waals surface area contributed by atoms with E-state index < -0.39 is 17.3 Å². The van der Waals surface area contributed by atoms with Crippen LogP contribution in [0.5, 0.6) is 46.0 Å². The molecule has 0 amide bonds. The molecule has 2 heterocycles. The van der Waals surface area contributed by atoms with Gasteiger partial charge in [-0.2, -0.15) is 0 Å². The Morgan fingerprint density at radius 3 is 2.34 bits per heavy atom. The lowest BCUT2D eigenvalue weighted by Gasteiger charge is -2.26. The predicted octanol–water partition coefficient (Wildman–Crippen LogP) is 5.79. The zero-order chi connectivity index (χ0) is 28.8. The Morgan fingerprint density at radius 1 is 0.805 bits per heavy atom. The SMILES string of the molecule is COc1cc(O)c2c(c1)OC(c1ccc(Oc3cc(-c4cc(=O)c5c(O)cc(O)cc5o4)ccc3O)cc1)CC2=O. The minimum atomic E-state index is -0.595. The van der Waals surface area contributed by atoms with Crippen molar-refractivity contribution in [2.75, 3.05) is 7.11 Å². The van der Waals surface area contributed by atoms with Crippen LogP contribution < -0.4 is 19.6 Å². The Morgan fingerprint density at radius 2 is 1.59 bits per heavy atom. The third kappa shape index (κ3) is 4.71. The van der Waals surface area contributed by atoms with Crippen LogP contribution >= 0.6 is 0 Å². The molecule has 206 valence electrons. The lowest BCUT2D eigenvalue weighted by Crippen LogP contribution is -2.20. The molecule has 0 aliphatic carbocycles. The second-order valence-electron chi connectivity index (χ2n) is 9.42. The highest BCUT2D eigenvalue weighted by Crippen LogP contribution is 2.42. The summed E-state index contributed by atoms with van der Waals surface area (Å²) in [7, 11) is 1.45. The molecule has 10 heteroatoms. The number of aromatic hydroxyl groups is 4. The van der Waals surface area contributed by atoms with E-state index in [2.05, 4.69) is 0 Å². The molecule has 0 spiro atoms. The number of hydrogen-bond donors (Lipinski definition) is 4. The molecule has 0 saturated carbocycles. The number of Topliss-reactive ketones (excluding diaryl/α,β-unsaturated/α-hetero) is 1. The summed E-state index contributed by atoms with van der Waals surface area (Å²) in [6, 6.07) is 17.5. The van der Waals surface area contributed by atoms with E-state index in [9.17, 15) is 30.0 Å². The van der Waals surface area contributed by atoms with Gasteiger partial charge in [0, 0.05) is 35.9 Å². The normalized spacial score (nSPS) is 14.4. The van der Waals surface area contributed by atoms with Crippen LogP contribution in [-0.4, -0.2) is 33.3 Å². The van der Waals surface area contributed by atoms with Gasteiger partial charge in [-0.25, -0.2) is 0 Å². The molecule has 0 fully saturated rings. The van der Waals surface area contributed by atoms with Gasteiger partial charge in [0.25, 0.3) is 0 Å². The maximum atomic E-state index is 12.7. The minimum absolute atomic E-state index is 0.00387. The van der Waals surface area contributed by atoms with Gasteiger partial charge in [0.2, 0.25) is 0 Å². The van der Waals surface area contributed by atoms with E-state index in [4.69, 9.17) is 18.6 Å². The summed E-state index contributed by atoms with van der Waals surface area (Å²) < 4.78 is 22.8. The lowest BCUT2D eigenvalue weighted by molar-refractivity contribution is 0.0844. The molecule has 0 saturated heterocycles. The van der Waals surface area contributed by atoms with E-state index in [-0.39, 0.29) is 63.2 Å². The van der Waals surface area contributed by atoms with E-state index in [0.29, 0.717) is 22.6 Å². The Labute approximate surface area is 231 Å².